The monoisotopic (exact) mass is 242 g/mol. The minimum Gasteiger partial charge on any atom is -0.468 e. The Morgan fingerprint density at radius 3 is 2.71 bits per heavy atom. The van der Waals surface area contributed by atoms with Gasteiger partial charge < -0.3 is 10.5 Å². The lowest BCUT2D eigenvalue weighted by atomic mass is 9.83. The predicted octanol–water partition coefficient (Wildman–Crippen LogP) is 1.39. The molecule has 17 heavy (non-hydrogen) atoms. The van der Waals surface area contributed by atoms with Crippen LogP contribution in [0.25, 0.3) is 0 Å². The molecule has 0 amide bonds. The molecule has 4 nitrogen and oxygen atoms in total. The number of carbonyl (C=O) groups excluding carboxylic acids is 1. The van der Waals surface area contributed by atoms with Crippen molar-refractivity contribution in [2.75, 3.05) is 26.7 Å². The van der Waals surface area contributed by atoms with Gasteiger partial charge in [0.2, 0.25) is 0 Å². The number of esters is 1. The molecule has 2 atom stereocenters. The molecule has 1 aliphatic carbocycles. The van der Waals surface area contributed by atoms with Gasteiger partial charge >= 0.3 is 5.97 Å². The quantitative estimate of drug-likeness (QED) is 0.715. The first-order valence-corrected chi connectivity index (χ1v) is 6.73. The van der Waals surface area contributed by atoms with E-state index in [1.54, 1.807) is 0 Å². The van der Waals surface area contributed by atoms with E-state index in [1.807, 2.05) is 0 Å². The summed E-state index contributed by atoms with van der Waals surface area (Å²) in [6, 6.07) is 0.466. The van der Waals surface area contributed by atoms with Crippen LogP contribution in [0.3, 0.4) is 0 Å². The zero-order chi connectivity index (χ0) is 12.7. The van der Waals surface area contributed by atoms with Crippen LogP contribution < -0.4 is 5.73 Å². The van der Waals surface area contributed by atoms with Crippen LogP contribution in [-0.4, -0.2) is 43.7 Å². The summed E-state index contributed by atoms with van der Waals surface area (Å²) in [4.78, 5) is 13.7. The second-order valence-corrected chi connectivity index (χ2v) is 4.89. The van der Waals surface area contributed by atoms with Gasteiger partial charge in [-0.15, -0.1) is 0 Å². The Labute approximate surface area is 104 Å². The van der Waals surface area contributed by atoms with Crippen LogP contribution in [0.5, 0.6) is 0 Å². The van der Waals surface area contributed by atoms with E-state index in [-0.39, 0.29) is 5.97 Å². The Balaban J connectivity index is 2.62. The molecule has 2 unspecified atom stereocenters. The maximum absolute atomic E-state index is 11.4. The van der Waals surface area contributed by atoms with E-state index in [0.717, 1.165) is 19.5 Å². The van der Waals surface area contributed by atoms with Crippen molar-refractivity contribution in [1.82, 2.24) is 4.90 Å². The summed E-state index contributed by atoms with van der Waals surface area (Å²) in [7, 11) is 1.45. The third kappa shape index (κ3) is 4.28. The average Bonchev–Trinajstić information content (AvgIpc) is 2.38. The lowest BCUT2D eigenvalue weighted by molar-refractivity contribution is -0.143. The van der Waals surface area contributed by atoms with Crippen molar-refractivity contribution in [3.05, 3.63) is 0 Å². The molecule has 0 heterocycles. The summed E-state index contributed by atoms with van der Waals surface area (Å²) in [6.45, 7) is 4.23. The largest absolute Gasteiger partial charge is 0.468 e. The molecule has 1 saturated carbocycles. The van der Waals surface area contributed by atoms with E-state index in [2.05, 4.69) is 11.8 Å². The first kappa shape index (κ1) is 14.5. The van der Waals surface area contributed by atoms with Gasteiger partial charge in [-0.2, -0.15) is 0 Å². The summed E-state index contributed by atoms with van der Waals surface area (Å²) >= 11 is 0. The summed E-state index contributed by atoms with van der Waals surface area (Å²) in [6.07, 6.45) is 5.95. The summed E-state index contributed by atoms with van der Waals surface area (Å²) in [5.41, 5.74) is 5.85. The number of ether oxygens (including phenoxy) is 1. The normalized spacial score (nSPS) is 24.9. The van der Waals surface area contributed by atoms with Gasteiger partial charge in [0.25, 0.3) is 0 Å². The fourth-order valence-electron chi connectivity index (χ4n) is 2.82. The van der Waals surface area contributed by atoms with E-state index >= 15 is 0 Å². The zero-order valence-corrected chi connectivity index (χ0v) is 11.2. The maximum atomic E-state index is 11.4. The van der Waals surface area contributed by atoms with E-state index < -0.39 is 0 Å². The molecule has 4 heteroatoms. The van der Waals surface area contributed by atoms with E-state index in [4.69, 9.17) is 10.5 Å². The molecule has 2 N–H and O–H groups in total. The van der Waals surface area contributed by atoms with Gasteiger partial charge in [0.15, 0.2) is 0 Å². The minimum absolute atomic E-state index is 0.139. The van der Waals surface area contributed by atoms with Crippen LogP contribution in [0.2, 0.25) is 0 Å². The molecule has 0 aliphatic heterocycles. The van der Waals surface area contributed by atoms with Gasteiger partial charge in [-0.1, -0.05) is 19.8 Å². The summed E-state index contributed by atoms with van der Waals surface area (Å²) < 4.78 is 4.77. The van der Waals surface area contributed by atoms with Crippen molar-refractivity contribution in [2.45, 2.75) is 45.1 Å². The van der Waals surface area contributed by atoms with Crippen LogP contribution in [0.4, 0.5) is 0 Å². The van der Waals surface area contributed by atoms with Gasteiger partial charge in [-0.3, -0.25) is 9.69 Å². The highest BCUT2D eigenvalue weighted by Gasteiger charge is 2.29. The molecule has 0 aromatic carbocycles. The molecule has 1 rings (SSSR count). The Morgan fingerprint density at radius 1 is 1.41 bits per heavy atom. The molecular weight excluding hydrogens is 216 g/mol. The van der Waals surface area contributed by atoms with Crippen LogP contribution in [0.1, 0.15) is 39.0 Å². The molecular formula is C13H26N2O2. The zero-order valence-electron chi connectivity index (χ0n) is 11.2. The van der Waals surface area contributed by atoms with Crippen LogP contribution >= 0.6 is 0 Å². The fraction of sp³-hybridized carbons (Fsp3) is 0.923. The smallest absolute Gasteiger partial charge is 0.319 e. The Hall–Kier alpha value is -0.610. The molecule has 0 aromatic rings. The first-order valence-electron chi connectivity index (χ1n) is 6.73. The molecule has 1 fully saturated rings. The third-order valence-corrected chi connectivity index (χ3v) is 3.71. The summed E-state index contributed by atoms with van der Waals surface area (Å²) in [5.74, 6) is 0.403. The van der Waals surface area contributed by atoms with Crippen LogP contribution in [0.15, 0.2) is 0 Å². The number of methoxy groups -OCH3 is 1. The van der Waals surface area contributed by atoms with Crippen LogP contribution in [0, 0.1) is 5.92 Å². The highest BCUT2D eigenvalue weighted by molar-refractivity contribution is 5.71. The lowest BCUT2D eigenvalue weighted by Gasteiger charge is -2.39. The van der Waals surface area contributed by atoms with Crippen molar-refractivity contribution in [3.8, 4) is 0 Å². The fourth-order valence-corrected chi connectivity index (χ4v) is 2.82. The molecule has 0 aromatic heterocycles. The number of hydrogen-bond donors (Lipinski definition) is 1. The molecule has 0 bridgehead atoms. The minimum atomic E-state index is -0.139. The summed E-state index contributed by atoms with van der Waals surface area (Å²) in [5, 5.41) is 0. The first-order chi connectivity index (χ1) is 8.22. The van der Waals surface area contributed by atoms with Crippen molar-refractivity contribution in [3.63, 3.8) is 0 Å². The van der Waals surface area contributed by atoms with Crippen molar-refractivity contribution in [1.29, 1.82) is 0 Å². The van der Waals surface area contributed by atoms with Crippen molar-refractivity contribution < 1.29 is 9.53 Å². The van der Waals surface area contributed by atoms with Crippen molar-refractivity contribution >= 4 is 5.97 Å². The van der Waals surface area contributed by atoms with E-state index in [9.17, 15) is 4.79 Å². The number of nitrogens with two attached hydrogens (primary N) is 1. The SMILES string of the molecule is CCCN(CC(=O)OC)C1CCCCC1CN. The van der Waals surface area contributed by atoms with Gasteiger partial charge in [-0.05, 0) is 38.3 Å². The van der Waals surface area contributed by atoms with Crippen molar-refractivity contribution in [2.24, 2.45) is 11.7 Å². The van der Waals surface area contributed by atoms with Gasteiger partial charge in [-0.25, -0.2) is 0 Å². The second kappa shape index (κ2) is 7.67. The maximum Gasteiger partial charge on any atom is 0.319 e. The van der Waals surface area contributed by atoms with Gasteiger partial charge in [0.1, 0.15) is 0 Å². The van der Waals surface area contributed by atoms with Gasteiger partial charge in [0, 0.05) is 6.04 Å². The molecule has 1 aliphatic rings. The number of hydrogen-bond acceptors (Lipinski definition) is 4. The molecule has 100 valence electrons. The number of nitrogens with zero attached hydrogens (tertiary/aromatic N) is 1. The molecule has 0 radical (unpaired) electrons. The van der Waals surface area contributed by atoms with Crippen LogP contribution in [-0.2, 0) is 9.53 Å². The average molecular weight is 242 g/mol. The topological polar surface area (TPSA) is 55.6 Å². The van der Waals surface area contributed by atoms with E-state index in [0.29, 0.717) is 18.5 Å². The Bertz CT molecular complexity index is 233. The molecule has 0 saturated heterocycles. The standard InChI is InChI=1S/C13H26N2O2/c1-3-8-15(10-13(16)17-2)12-7-5-4-6-11(12)9-14/h11-12H,3-10,14H2,1-2H3. The predicted molar refractivity (Wildman–Crippen MR) is 68.7 cm³/mol. The highest BCUT2D eigenvalue weighted by atomic mass is 16.5. The Morgan fingerprint density at radius 2 is 2.12 bits per heavy atom. The Kier molecular flexibility index (Phi) is 6.52. The van der Waals surface area contributed by atoms with Gasteiger partial charge in [0.05, 0.1) is 13.7 Å². The third-order valence-electron chi connectivity index (χ3n) is 3.71. The van der Waals surface area contributed by atoms with E-state index in [1.165, 1.54) is 32.8 Å². The lowest BCUT2D eigenvalue weighted by Crippen LogP contribution is -2.47. The molecule has 0 spiro atoms. The number of carbonyl (C=O) groups is 1. The number of rotatable bonds is 6. The highest BCUT2D eigenvalue weighted by Crippen LogP contribution is 2.27. The second-order valence-electron chi connectivity index (χ2n) is 4.89.